The zero-order valence-electron chi connectivity index (χ0n) is 16.6. The van der Waals surface area contributed by atoms with E-state index in [9.17, 15) is 4.57 Å². The van der Waals surface area contributed by atoms with Gasteiger partial charge in [-0.25, -0.2) is 4.57 Å². The Morgan fingerprint density at radius 2 is 1.22 bits per heavy atom. The van der Waals surface area contributed by atoms with E-state index < -0.39 is 7.82 Å². The van der Waals surface area contributed by atoms with Crippen molar-refractivity contribution < 1.29 is 29.1 Å². The van der Waals surface area contributed by atoms with Gasteiger partial charge in [-0.15, -0.1) is 0 Å². The quantitative estimate of drug-likeness (QED) is 0.427. The van der Waals surface area contributed by atoms with Crippen LogP contribution in [0.4, 0.5) is 0 Å². The maximum atomic E-state index is 11.0. The van der Waals surface area contributed by atoms with E-state index >= 15 is 0 Å². The lowest BCUT2D eigenvalue weighted by molar-refractivity contribution is 0.280. The van der Waals surface area contributed by atoms with Crippen LogP contribution in [0, 0.1) is 0 Å². The Hall–Kier alpha value is -2.01. The van der Waals surface area contributed by atoms with E-state index in [0.29, 0.717) is 0 Å². The number of rotatable bonds is 2. The van der Waals surface area contributed by atoms with Crippen LogP contribution in [0.15, 0.2) is 42.5 Å². The zero-order chi connectivity index (χ0) is 21.0. The van der Waals surface area contributed by atoms with Crippen molar-refractivity contribution in [3.63, 3.8) is 0 Å². The van der Waals surface area contributed by atoms with Crippen molar-refractivity contribution in [3.8, 4) is 17.2 Å². The maximum absolute atomic E-state index is 11.0. The van der Waals surface area contributed by atoms with Gasteiger partial charge in [0.15, 0.2) is 0 Å². The van der Waals surface area contributed by atoms with Gasteiger partial charge in [0.25, 0.3) is 0 Å². The fraction of sp³-hybridized carbons (Fsp3) is 0.400. The van der Waals surface area contributed by atoms with Gasteiger partial charge in [-0.05, 0) is 46.7 Å². The van der Waals surface area contributed by atoms with Gasteiger partial charge < -0.3 is 14.7 Å². The summed E-state index contributed by atoms with van der Waals surface area (Å²) >= 11 is 0. The third-order valence-corrected chi connectivity index (χ3v) is 4.16. The molecule has 0 spiro atoms. The Bertz CT molecular complexity index is 774. The Labute approximate surface area is 160 Å². The average Bonchev–Trinajstić information content (AvgIpc) is 2.47. The molecule has 2 rings (SSSR count). The Morgan fingerprint density at radius 3 is 1.56 bits per heavy atom. The first-order valence-electron chi connectivity index (χ1n) is 8.48. The molecule has 0 aliphatic carbocycles. The molecule has 0 amide bonds. The lowest BCUT2D eigenvalue weighted by atomic mass is 9.80. The standard InChI is InChI=1S/C14H23O4P.C6H6O2/c1-13(2,3)10-7-8-12(18-19(15,16)17)11(9-10)14(4,5)6;7-5-1-2-6(8)4-3-5/h7-9H,1-6H3,(H2,15,16,17);1-4,7-8H. The first kappa shape index (κ1) is 23.0. The number of benzene rings is 2. The summed E-state index contributed by atoms with van der Waals surface area (Å²) < 4.78 is 15.8. The molecular weight excluding hydrogens is 367 g/mol. The van der Waals surface area contributed by atoms with Crippen LogP contribution >= 0.6 is 7.82 Å². The molecule has 0 heterocycles. The van der Waals surface area contributed by atoms with E-state index in [2.05, 4.69) is 20.8 Å². The number of hydrogen-bond acceptors (Lipinski definition) is 4. The molecule has 7 heteroatoms. The second kappa shape index (κ2) is 8.34. The highest BCUT2D eigenvalue weighted by atomic mass is 31.2. The monoisotopic (exact) mass is 396 g/mol. The Balaban J connectivity index is 0.000000377. The fourth-order valence-corrected chi connectivity index (χ4v) is 2.66. The van der Waals surface area contributed by atoms with Crippen molar-refractivity contribution in [3.05, 3.63) is 53.6 Å². The van der Waals surface area contributed by atoms with Gasteiger partial charge >= 0.3 is 7.82 Å². The van der Waals surface area contributed by atoms with E-state index in [1.807, 2.05) is 32.9 Å². The van der Waals surface area contributed by atoms with Gasteiger partial charge in [0, 0.05) is 5.56 Å². The van der Waals surface area contributed by atoms with E-state index in [0.717, 1.165) is 11.1 Å². The van der Waals surface area contributed by atoms with Gasteiger partial charge in [0.2, 0.25) is 0 Å². The van der Waals surface area contributed by atoms with E-state index in [4.69, 9.17) is 24.5 Å². The van der Waals surface area contributed by atoms with Crippen molar-refractivity contribution in [2.45, 2.75) is 52.4 Å². The van der Waals surface area contributed by atoms with Crippen LogP contribution in [-0.4, -0.2) is 20.0 Å². The zero-order valence-corrected chi connectivity index (χ0v) is 17.5. The summed E-state index contributed by atoms with van der Waals surface area (Å²) in [6.07, 6.45) is 0. The average molecular weight is 396 g/mol. The molecule has 0 fully saturated rings. The Kier molecular flexibility index (Phi) is 7.11. The number of phenolic OH excluding ortho intramolecular Hbond substituents is 2. The Morgan fingerprint density at radius 1 is 0.778 bits per heavy atom. The molecule has 0 aliphatic heterocycles. The number of phosphoric acid groups is 1. The molecule has 0 aromatic heterocycles. The number of aromatic hydroxyl groups is 2. The summed E-state index contributed by atoms with van der Waals surface area (Å²) in [6, 6.07) is 11.2. The van der Waals surface area contributed by atoms with Crippen molar-refractivity contribution in [2.24, 2.45) is 0 Å². The minimum Gasteiger partial charge on any atom is -0.508 e. The first-order chi connectivity index (χ1) is 12.1. The molecule has 0 aliphatic rings. The van der Waals surface area contributed by atoms with Crippen molar-refractivity contribution >= 4 is 7.82 Å². The predicted octanol–water partition coefficient (Wildman–Crippen LogP) is 4.85. The van der Waals surface area contributed by atoms with E-state index in [1.54, 1.807) is 6.07 Å². The molecule has 0 atom stereocenters. The minimum atomic E-state index is -4.54. The summed E-state index contributed by atoms with van der Waals surface area (Å²) in [5.74, 6) is 0.583. The van der Waals surface area contributed by atoms with Crippen molar-refractivity contribution in [1.82, 2.24) is 0 Å². The highest BCUT2D eigenvalue weighted by molar-refractivity contribution is 7.46. The van der Waals surface area contributed by atoms with Crippen LogP contribution in [0.5, 0.6) is 17.2 Å². The third-order valence-electron chi connectivity index (χ3n) is 3.72. The largest absolute Gasteiger partial charge is 0.524 e. The van der Waals surface area contributed by atoms with Crippen LogP contribution in [-0.2, 0) is 15.4 Å². The van der Waals surface area contributed by atoms with E-state index in [-0.39, 0.29) is 28.1 Å². The molecule has 0 saturated carbocycles. The van der Waals surface area contributed by atoms with Crippen molar-refractivity contribution in [1.29, 1.82) is 0 Å². The smallest absolute Gasteiger partial charge is 0.508 e. The van der Waals surface area contributed by atoms with Gasteiger partial charge in [-0.3, -0.25) is 9.79 Å². The van der Waals surface area contributed by atoms with Crippen LogP contribution < -0.4 is 4.52 Å². The summed E-state index contributed by atoms with van der Waals surface area (Å²) in [7, 11) is -4.54. The predicted molar refractivity (Wildman–Crippen MR) is 106 cm³/mol. The molecule has 0 unspecified atom stereocenters. The first-order valence-corrected chi connectivity index (χ1v) is 10.0. The normalized spacial score (nSPS) is 12.1. The molecular formula is C20H29O6P. The summed E-state index contributed by atoms with van der Waals surface area (Å²) in [6.45, 7) is 12.2. The van der Waals surface area contributed by atoms with Gasteiger partial charge in [0.05, 0.1) is 0 Å². The minimum absolute atomic E-state index is 0.0271. The number of phenols is 2. The molecule has 27 heavy (non-hydrogen) atoms. The highest BCUT2D eigenvalue weighted by Crippen LogP contribution is 2.43. The SMILES string of the molecule is CC(C)(C)c1ccc(OP(=O)(O)O)c(C(C)(C)C)c1.Oc1ccc(O)cc1. The molecule has 2 aromatic carbocycles. The fourth-order valence-electron chi connectivity index (χ4n) is 2.24. The van der Waals surface area contributed by atoms with Gasteiger partial charge in [0.1, 0.15) is 17.2 Å². The molecule has 2 aromatic rings. The summed E-state index contributed by atoms with van der Waals surface area (Å²) in [5.41, 5.74) is 1.62. The molecule has 0 saturated heterocycles. The molecule has 4 N–H and O–H groups in total. The second-order valence-corrected chi connectivity index (χ2v) is 9.47. The molecule has 6 nitrogen and oxygen atoms in total. The number of hydrogen-bond donors (Lipinski definition) is 4. The van der Waals surface area contributed by atoms with Crippen LogP contribution in [0.3, 0.4) is 0 Å². The molecule has 0 bridgehead atoms. The van der Waals surface area contributed by atoms with Gasteiger partial charge in [-0.2, -0.15) is 0 Å². The second-order valence-electron chi connectivity index (χ2n) is 8.31. The lowest BCUT2D eigenvalue weighted by Crippen LogP contribution is -2.17. The summed E-state index contributed by atoms with van der Waals surface area (Å²) in [4.78, 5) is 18.0. The van der Waals surface area contributed by atoms with Crippen LogP contribution in [0.1, 0.15) is 52.7 Å². The topological polar surface area (TPSA) is 107 Å². The molecule has 0 radical (unpaired) electrons. The number of phosphoric ester groups is 1. The lowest BCUT2D eigenvalue weighted by Gasteiger charge is -2.27. The van der Waals surface area contributed by atoms with Crippen molar-refractivity contribution in [2.75, 3.05) is 0 Å². The highest BCUT2D eigenvalue weighted by Gasteiger charge is 2.26. The van der Waals surface area contributed by atoms with Gasteiger partial charge in [-0.1, -0.05) is 53.7 Å². The van der Waals surface area contributed by atoms with Crippen LogP contribution in [0.2, 0.25) is 0 Å². The third kappa shape index (κ3) is 8.04. The summed E-state index contributed by atoms with van der Waals surface area (Å²) in [5, 5.41) is 17.3. The van der Waals surface area contributed by atoms with Crippen LogP contribution in [0.25, 0.3) is 0 Å². The molecule has 150 valence electrons. The maximum Gasteiger partial charge on any atom is 0.524 e. The van der Waals surface area contributed by atoms with E-state index in [1.165, 1.54) is 24.3 Å².